The van der Waals surface area contributed by atoms with Crippen LogP contribution < -0.4 is 10.2 Å². The number of hydrogen-bond donors (Lipinski definition) is 1. The summed E-state index contributed by atoms with van der Waals surface area (Å²) in [6.45, 7) is 3.69. The van der Waals surface area contributed by atoms with Gasteiger partial charge in [-0.15, -0.1) is 0 Å². The molecule has 1 aliphatic heterocycles. The molecule has 1 saturated heterocycles. The zero-order valence-corrected chi connectivity index (χ0v) is 26.4. The summed E-state index contributed by atoms with van der Waals surface area (Å²) in [6.07, 6.45) is 12.4. The fourth-order valence-electron chi connectivity index (χ4n) is 6.86. The summed E-state index contributed by atoms with van der Waals surface area (Å²) in [7, 11) is 1.89. The quantitative estimate of drug-likeness (QED) is 0.267. The van der Waals surface area contributed by atoms with Crippen molar-refractivity contribution in [3.8, 4) is 23.3 Å². The molecular weight excluding hydrogens is 574 g/mol. The van der Waals surface area contributed by atoms with Crippen LogP contribution in [0, 0.1) is 39.9 Å². The monoisotopic (exact) mass is 613 g/mol. The number of anilines is 1. The van der Waals surface area contributed by atoms with Crippen LogP contribution in [0.4, 0.5) is 5.82 Å². The van der Waals surface area contributed by atoms with E-state index in [2.05, 4.69) is 32.4 Å². The Bertz CT molecular complexity index is 1750. The minimum Gasteiger partial charge on any atom is -0.354 e. The number of carbonyl (C=O) groups is 1. The molecule has 234 valence electrons. The number of pyridine rings is 1. The smallest absolute Gasteiger partial charge is 0.229 e. The molecule has 0 radical (unpaired) electrons. The van der Waals surface area contributed by atoms with E-state index in [-0.39, 0.29) is 17.7 Å². The van der Waals surface area contributed by atoms with Gasteiger partial charge in [0.15, 0.2) is 0 Å². The first-order valence-electron chi connectivity index (χ1n) is 16.0. The minimum absolute atomic E-state index is 0.00369. The molecule has 2 atom stereocenters. The number of benzene rings is 1. The van der Waals surface area contributed by atoms with Crippen molar-refractivity contribution in [1.82, 2.24) is 30.0 Å². The average Bonchev–Trinajstić information content (AvgIpc) is 3.71. The zero-order valence-electron chi connectivity index (χ0n) is 26.4. The Labute approximate surface area is 270 Å². The standard InChI is InChI=1S/C36H39N9O/c1-36(23-38)14-15-45(24-36)34-29(17-37)20-40-32(43-34)16-25-8-10-27(11-9-25)33(35(46)41-18-26-6-4-3-5-7-26)31-13-12-28(19-39-31)30-21-42-44(2)22-30/h3-7,12-13,19-22,25,27,33H,8-11,14-16,18,24H2,1-2H3,(H,41,46)/t25-,27-,33?,36?. The summed E-state index contributed by atoms with van der Waals surface area (Å²) >= 11 is 0. The van der Waals surface area contributed by atoms with E-state index in [4.69, 9.17) is 9.97 Å². The number of rotatable bonds is 9. The van der Waals surface area contributed by atoms with Crippen LogP contribution in [0.3, 0.4) is 0 Å². The fourth-order valence-corrected chi connectivity index (χ4v) is 6.86. The van der Waals surface area contributed by atoms with Crippen LogP contribution in [-0.4, -0.2) is 43.7 Å². The number of amides is 1. The largest absolute Gasteiger partial charge is 0.354 e. The predicted molar refractivity (Wildman–Crippen MR) is 174 cm³/mol. The normalized spacial score (nSPS) is 21.7. The summed E-state index contributed by atoms with van der Waals surface area (Å²) < 4.78 is 1.77. The van der Waals surface area contributed by atoms with Gasteiger partial charge in [-0.25, -0.2) is 9.97 Å². The molecule has 1 aromatic carbocycles. The number of nitriles is 2. The Balaban J connectivity index is 1.15. The van der Waals surface area contributed by atoms with Gasteiger partial charge < -0.3 is 10.2 Å². The second kappa shape index (κ2) is 13.5. The Morgan fingerprint density at radius 1 is 1.04 bits per heavy atom. The second-order valence-corrected chi connectivity index (χ2v) is 13.0. The lowest BCUT2D eigenvalue weighted by molar-refractivity contribution is -0.124. The van der Waals surface area contributed by atoms with Crippen molar-refractivity contribution in [1.29, 1.82) is 10.5 Å². The van der Waals surface area contributed by atoms with Gasteiger partial charge in [-0.1, -0.05) is 36.4 Å². The van der Waals surface area contributed by atoms with Crippen molar-refractivity contribution in [3.63, 3.8) is 0 Å². The Kier molecular flexibility index (Phi) is 9.07. The summed E-state index contributed by atoms with van der Waals surface area (Å²) in [5.41, 5.74) is 3.82. The molecule has 1 amide bonds. The van der Waals surface area contributed by atoms with Gasteiger partial charge in [0.25, 0.3) is 0 Å². The van der Waals surface area contributed by atoms with Gasteiger partial charge in [-0.3, -0.25) is 14.5 Å². The Morgan fingerprint density at radius 3 is 2.50 bits per heavy atom. The van der Waals surface area contributed by atoms with E-state index in [9.17, 15) is 15.3 Å². The first kappa shape index (κ1) is 30.9. The lowest BCUT2D eigenvalue weighted by Gasteiger charge is -2.33. The summed E-state index contributed by atoms with van der Waals surface area (Å²) in [4.78, 5) is 30.1. The average molecular weight is 614 g/mol. The summed E-state index contributed by atoms with van der Waals surface area (Å²) in [5, 5.41) is 26.8. The second-order valence-electron chi connectivity index (χ2n) is 13.0. The van der Waals surface area contributed by atoms with Gasteiger partial charge in [0, 0.05) is 56.6 Å². The van der Waals surface area contributed by atoms with Crippen LogP contribution in [0.2, 0.25) is 0 Å². The topological polar surface area (TPSA) is 136 Å². The highest BCUT2D eigenvalue weighted by atomic mass is 16.1. The molecule has 6 rings (SSSR count). The third kappa shape index (κ3) is 6.92. The maximum Gasteiger partial charge on any atom is 0.229 e. The predicted octanol–water partition coefficient (Wildman–Crippen LogP) is 5.33. The highest BCUT2D eigenvalue weighted by Gasteiger charge is 2.37. The molecule has 10 heteroatoms. The third-order valence-electron chi connectivity index (χ3n) is 9.55. The van der Waals surface area contributed by atoms with Gasteiger partial charge >= 0.3 is 0 Å². The Morgan fingerprint density at radius 2 is 1.85 bits per heavy atom. The van der Waals surface area contributed by atoms with Crippen molar-refractivity contribution in [3.05, 3.63) is 89.9 Å². The van der Waals surface area contributed by atoms with E-state index < -0.39 is 5.41 Å². The Hall–Kier alpha value is -5.09. The lowest BCUT2D eigenvalue weighted by Crippen LogP contribution is -2.35. The van der Waals surface area contributed by atoms with E-state index in [0.717, 1.165) is 66.7 Å². The highest BCUT2D eigenvalue weighted by Crippen LogP contribution is 2.40. The van der Waals surface area contributed by atoms with Gasteiger partial charge in [-0.05, 0) is 62.5 Å². The molecular formula is C36H39N9O. The van der Waals surface area contributed by atoms with Crippen LogP contribution in [0.25, 0.3) is 11.1 Å². The molecule has 4 heterocycles. The van der Waals surface area contributed by atoms with Gasteiger partial charge in [0.05, 0.1) is 35.5 Å². The molecule has 10 nitrogen and oxygen atoms in total. The first-order chi connectivity index (χ1) is 22.3. The van der Waals surface area contributed by atoms with E-state index in [1.807, 2.05) is 75.0 Å². The molecule has 1 N–H and O–H groups in total. The molecule has 2 unspecified atom stereocenters. The van der Waals surface area contributed by atoms with E-state index >= 15 is 0 Å². The number of carbonyl (C=O) groups excluding carboxylic acids is 1. The number of hydrogen-bond acceptors (Lipinski definition) is 8. The van der Waals surface area contributed by atoms with Crippen LogP contribution in [-0.2, 0) is 24.8 Å². The van der Waals surface area contributed by atoms with E-state index in [0.29, 0.717) is 36.9 Å². The maximum atomic E-state index is 13.8. The van der Waals surface area contributed by atoms with E-state index in [1.165, 1.54) is 0 Å². The zero-order chi connectivity index (χ0) is 32.1. The molecule has 1 saturated carbocycles. The molecule has 2 fully saturated rings. The molecule has 4 aromatic rings. The van der Waals surface area contributed by atoms with Crippen molar-refractivity contribution in [2.24, 2.45) is 24.3 Å². The highest BCUT2D eigenvalue weighted by molar-refractivity contribution is 5.83. The van der Waals surface area contributed by atoms with Gasteiger partial charge in [0.2, 0.25) is 5.91 Å². The summed E-state index contributed by atoms with van der Waals surface area (Å²) in [6, 6.07) is 18.6. The van der Waals surface area contributed by atoms with Crippen LogP contribution in [0.5, 0.6) is 0 Å². The van der Waals surface area contributed by atoms with Crippen LogP contribution >= 0.6 is 0 Å². The number of nitrogens with zero attached hydrogens (tertiary/aromatic N) is 8. The molecule has 46 heavy (non-hydrogen) atoms. The SMILES string of the molecule is Cn1cc(-c2ccc(C(C(=O)NCc3ccccc3)[C@H]3CC[C@H](Cc4ncc(C#N)c(N5CCC(C)(C#N)C5)n4)CC3)nc2)cn1. The number of aromatic nitrogens is 5. The molecule has 1 aliphatic carbocycles. The van der Waals surface area contributed by atoms with Crippen LogP contribution in [0.15, 0.2) is 67.3 Å². The fraction of sp³-hybridized carbons (Fsp3) is 0.417. The van der Waals surface area contributed by atoms with Gasteiger partial charge in [-0.2, -0.15) is 15.6 Å². The molecule has 0 spiro atoms. The maximum absolute atomic E-state index is 13.8. The van der Waals surface area contributed by atoms with Crippen molar-refractivity contribution >= 4 is 11.7 Å². The number of nitrogens with one attached hydrogen (secondary N) is 1. The molecule has 3 aromatic heterocycles. The number of aryl methyl sites for hydroxylation is 1. The van der Waals surface area contributed by atoms with Crippen molar-refractivity contribution < 1.29 is 4.79 Å². The lowest BCUT2D eigenvalue weighted by atomic mass is 9.73. The molecule has 2 aliphatic rings. The van der Waals surface area contributed by atoms with Crippen LogP contribution in [0.1, 0.15) is 67.6 Å². The third-order valence-corrected chi connectivity index (χ3v) is 9.55. The van der Waals surface area contributed by atoms with Crippen molar-refractivity contribution in [2.75, 3.05) is 18.0 Å². The van der Waals surface area contributed by atoms with Crippen molar-refractivity contribution in [2.45, 2.75) is 57.9 Å². The minimum atomic E-state index is -0.436. The molecule has 0 bridgehead atoms. The first-order valence-corrected chi connectivity index (χ1v) is 16.0. The van der Waals surface area contributed by atoms with Gasteiger partial charge in [0.1, 0.15) is 23.3 Å². The summed E-state index contributed by atoms with van der Waals surface area (Å²) in [5.74, 6) is 1.56. The van der Waals surface area contributed by atoms with E-state index in [1.54, 1.807) is 10.9 Å².